The summed E-state index contributed by atoms with van der Waals surface area (Å²) in [6.07, 6.45) is 10.8. The quantitative estimate of drug-likeness (QED) is 0.179. The summed E-state index contributed by atoms with van der Waals surface area (Å²) < 4.78 is 0. The first-order chi connectivity index (χ1) is 15.1. The molecule has 1 nitrogen and oxygen atoms in total. The molecule has 31 heavy (non-hydrogen) atoms. The van der Waals surface area contributed by atoms with E-state index in [0.29, 0.717) is 0 Å². The van der Waals surface area contributed by atoms with Crippen molar-refractivity contribution in [2.24, 2.45) is 0 Å². The Morgan fingerprint density at radius 2 is 1.26 bits per heavy atom. The molecule has 3 aromatic rings. The van der Waals surface area contributed by atoms with Gasteiger partial charge in [-0.25, -0.2) is 0 Å². The van der Waals surface area contributed by atoms with Crippen molar-refractivity contribution in [3.63, 3.8) is 0 Å². The number of hydrogen-bond acceptors (Lipinski definition) is 1. The first-order valence-electron chi connectivity index (χ1n) is 11.2. The maximum Gasteiger partial charge on any atom is 0.185 e. The van der Waals surface area contributed by atoms with E-state index in [9.17, 15) is 4.79 Å². The van der Waals surface area contributed by atoms with Crippen LogP contribution >= 0.6 is 0 Å². The molecule has 0 atom stereocenters. The molecule has 3 aromatic carbocycles. The highest BCUT2D eigenvalue weighted by molar-refractivity contribution is 6.06. The largest absolute Gasteiger partial charge is 0.289 e. The normalized spacial score (nSPS) is 11.0. The van der Waals surface area contributed by atoms with Crippen LogP contribution in [0.15, 0.2) is 91.5 Å². The van der Waals surface area contributed by atoms with Gasteiger partial charge in [0.25, 0.3) is 0 Å². The molecule has 0 N–H and O–H groups in total. The third-order valence-corrected chi connectivity index (χ3v) is 5.59. The van der Waals surface area contributed by atoms with Crippen LogP contribution in [0.25, 0.3) is 11.6 Å². The van der Waals surface area contributed by atoms with E-state index in [1.807, 2.05) is 43.3 Å². The van der Waals surface area contributed by atoms with Gasteiger partial charge < -0.3 is 0 Å². The second-order valence-electron chi connectivity index (χ2n) is 8.20. The summed E-state index contributed by atoms with van der Waals surface area (Å²) in [4.78, 5) is 12.2. The third-order valence-electron chi connectivity index (χ3n) is 5.59. The minimum absolute atomic E-state index is 0.0384. The van der Waals surface area contributed by atoms with Crippen molar-refractivity contribution < 1.29 is 4.79 Å². The van der Waals surface area contributed by atoms with Crippen LogP contribution in [-0.4, -0.2) is 5.78 Å². The van der Waals surface area contributed by atoms with E-state index >= 15 is 0 Å². The van der Waals surface area contributed by atoms with Crippen molar-refractivity contribution in [2.45, 2.75) is 45.4 Å². The molecule has 158 valence electrons. The smallest absolute Gasteiger partial charge is 0.185 e. The molecule has 0 spiro atoms. The fourth-order valence-electron chi connectivity index (χ4n) is 3.63. The van der Waals surface area contributed by atoms with Crippen molar-refractivity contribution in [3.05, 3.63) is 119 Å². The molecule has 0 aliphatic rings. The first-order valence-corrected chi connectivity index (χ1v) is 11.2. The van der Waals surface area contributed by atoms with Gasteiger partial charge in [0.1, 0.15) is 0 Å². The Morgan fingerprint density at radius 1 is 0.710 bits per heavy atom. The molecule has 0 aromatic heterocycles. The highest BCUT2D eigenvalue weighted by Gasteiger charge is 2.00. The average molecular weight is 409 g/mol. The van der Waals surface area contributed by atoms with Crippen LogP contribution in [-0.2, 0) is 12.8 Å². The summed E-state index contributed by atoms with van der Waals surface area (Å²) in [5.41, 5.74) is 6.91. The van der Waals surface area contributed by atoms with Crippen LogP contribution in [0, 0.1) is 0 Å². The van der Waals surface area contributed by atoms with E-state index in [-0.39, 0.29) is 5.78 Å². The number of ketones is 1. The van der Waals surface area contributed by atoms with E-state index in [1.165, 1.54) is 42.4 Å². The lowest BCUT2D eigenvalue weighted by Gasteiger charge is -2.05. The van der Waals surface area contributed by atoms with Crippen LogP contribution in [0.3, 0.4) is 0 Å². The minimum atomic E-state index is 0.0384. The molecule has 0 aliphatic heterocycles. The molecule has 0 fully saturated rings. The van der Waals surface area contributed by atoms with Gasteiger partial charge in [0, 0.05) is 5.56 Å². The van der Waals surface area contributed by atoms with Gasteiger partial charge >= 0.3 is 0 Å². The van der Waals surface area contributed by atoms with E-state index < -0.39 is 0 Å². The zero-order valence-electron chi connectivity index (χ0n) is 18.5. The van der Waals surface area contributed by atoms with E-state index in [0.717, 1.165) is 29.5 Å². The Labute approximate surface area is 187 Å². The SMILES string of the molecule is C=C(C)c1ccc(CCCCCCc2ccc(C=CC(=O)c3ccccc3)cc2)cc1. The molecule has 0 aliphatic carbocycles. The molecular weight excluding hydrogens is 376 g/mol. The van der Waals surface area contributed by atoms with E-state index in [2.05, 4.69) is 55.1 Å². The lowest BCUT2D eigenvalue weighted by atomic mass is 10.0. The fraction of sp³-hybridized carbons (Fsp3) is 0.233. The van der Waals surface area contributed by atoms with E-state index in [1.54, 1.807) is 6.08 Å². The number of carbonyl (C=O) groups excluding carboxylic acids is 1. The number of rotatable bonds is 11. The number of unbranched alkanes of at least 4 members (excludes halogenated alkanes) is 3. The number of allylic oxidation sites excluding steroid dienone is 2. The molecule has 1 heteroatoms. The van der Waals surface area contributed by atoms with Gasteiger partial charge in [0.05, 0.1) is 0 Å². The number of benzene rings is 3. The van der Waals surface area contributed by atoms with Gasteiger partial charge in [-0.05, 0) is 60.9 Å². The summed E-state index contributed by atoms with van der Waals surface area (Å²) in [6.45, 7) is 6.04. The predicted octanol–water partition coefficient (Wildman–Crippen LogP) is 7.96. The zero-order chi connectivity index (χ0) is 21.9. The maximum atomic E-state index is 12.2. The van der Waals surface area contributed by atoms with Crippen LogP contribution in [0.5, 0.6) is 0 Å². The summed E-state index contributed by atoms with van der Waals surface area (Å²) in [7, 11) is 0. The Hall–Kier alpha value is -3.19. The molecule has 0 saturated carbocycles. The first kappa shape index (κ1) is 22.5. The Kier molecular flexibility index (Phi) is 8.60. The summed E-state index contributed by atoms with van der Waals surface area (Å²) >= 11 is 0. The molecule has 0 radical (unpaired) electrons. The fourth-order valence-corrected chi connectivity index (χ4v) is 3.63. The lowest BCUT2D eigenvalue weighted by molar-refractivity contribution is 0.104. The van der Waals surface area contributed by atoms with Crippen LogP contribution in [0.1, 0.15) is 65.2 Å². The third kappa shape index (κ3) is 7.53. The van der Waals surface area contributed by atoms with Crippen molar-refractivity contribution in [1.82, 2.24) is 0 Å². The van der Waals surface area contributed by atoms with Crippen molar-refractivity contribution in [2.75, 3.05) is 0 Å². The molecule has 0 saturated heterocycles. The van der Waals surface area contributed by atoms with Crippen molar-refractivity contribution in [1.29, 1.82) is 0 Å². The van der Waals surface area contributed by atoms with Crippen LogP contribution in [0.2, 0.25) is 0 Å². The van der Waals surface area contributed by atoms with Gasteiger partial charge in [-0.2, -0.15) is 0 Å². The van der Waals surface area contributed by atoms with Crippen LogP contribution in [0.4, 0.5) is 0 Å². The van der Waals surface area contributed by atoms with Gasteiger partial charge in [-0.1, -0.05) is 110 Å². The molecule has 0 bridgehead atoms. The second-order valence-corrected chi connectivity index (χ2v) is 8.20. The van der Waals surface area contributed by atoms with Crippen molar-refractivity contribution in [3.8, 4) is 0 Å². The molecular formula is C30H32O. The topological polar surface area (TPSA) is 17.1 Å². The van der Waals surface area contributed by atoms with E-state index in [4.69, 9.17) is 0 Å². The zero-order valence-corrected chi connectivity index (χ0v) is 18.5. The average Bonchev–Trinajstić information content (AvgIpc) is 2.81. The number of aryl methyl sites for hydroxylation is 2. The molecule has 0 amide bonds. The van der Waals surface area contributed by atoms with Gasteiger partial charge in [0.2, 0.25) is 0 Å². The van der Waals surface area contributed by atoms with Crippen LogP contribution < -0.4 is 0 Å². The van der Waals surface area contributed by atoms with Gasteiger partial charge in [0.15, 0.2) is 5.78 Å². The standard InChI is InChI=1S/C30H32O/c1-24(2)28-21-18-26(19-22-28)11-7-4-3-6-10-25-14-16-27(17-15-25)20-23-30(31)29-12-8-5-9-13-29/h5,8-9,12-23H,1,3-4,6-7,10-11H2,2H3. The Morgan fingerprint density at radius 3 is 1.81 bits per heavy atom. The molecule has 3 rings (SSSR count). The maximum absolute atomic E-state index is 12.2. The highest BCUT2D eigenvalue weighted by atomic mass is 16.1. The summed E-state index contributed by atoms with van der Waals surface area (Å²) in [6, 6.07) is 26.7. The predicted molar refractivity (Wildman–Crippen MR) is 133 cm³/mol. The van der Waals surface area contributed by atoms with Gasteiger partial charge in [-0.15, -0.1) is 0 Å². The summed E-state index contributed by atoms with van der Waals surface area (Å²) in [5, 5.41) is 0. The minimum Gasteiger partial charge on any atom is -0.289 e. The molecule has 0 heterocycles. The number of carbonyl (C=O) groups is 1. The highest BCUT2D eigenvalue weighted by Crippen LogP contribution is 2.15. The monoisotopic (exact) mass is 408 g/mol. The van der Waals surface area contributed by atoms with Crippen molar-refractivity contribution >= 4 is 17.4 Å². The molecule has 0 unspecified atom stereocenters. The lowest BCUT2D eigenvalue weighted by Crippen LogP contribution is -1.92. The van der Waals surface area contributed by atoms with Gasteiger partial charge in [-0.3, -0.25) is 4.79 Å². The Balaban J connectivity index is 1.34. The Bertz CT molecular complexity index is 993. The number of hydrogen-bond donors (Lipinski definition) is 0. The second kappa shape index (κ2) is 11.9. The summed E-state index contributed by atoms with van der Waals surface area (Å²) in [5.74, 6) is 0.0384.